The van der Waals surface area contributed by atoms with Gasteiger partial charge in [-0.1, -0.05) is 67.0 Å². The second-order valence-corrected chi connectivity index (χ2v) is 14.4. The van der Waals surface area contributed by atoms with Crippen LogP contribution in [-0.4, -0.2) is 51.9 Å². The molecule has 0 unspecified atom stereocenters. The first-order valence-electron chi connectivity index (χ1n) is 17.5. The van der Waals surface area contributed by atoms with Gasteiger partial charge in [0.25, 0.3) is 5.91 Å². The van der Waals surface area contributed by atoms with Crippen molar-refractivity contribution in [1.82, 2.24) is 25.4 Å². The molecule has 53 heavy (non-hydrogen) atoms. The Morgan fingerprint density at radius 2 is 1.58 bits per heavy atom. The highest BCUT2D eigenvalue weighted by Gasteiger charge is 2.32. The molecule has 13 heteroatoms. The van der Waals surface area contributed by atoms with E-state index in [2.05, 4.69) is 51.1 Å². The maximum atomic E-state index is 13.2. The summed E-state index contributed by atoms with van der Waals surface area (Å²) >= 11 is 7.91. The SMILES string of the molecule is Cc1sc2c(c1C)C(c1ccc(Cl)cc1)=N[C@@H](CC(=O)NCCCCCCCNC(=O)c1ccc(-c3ccc(C#CCN)cc3)o1)c1nnc(C)n1-2.Cl. The number of amides is 2. The van der Waals surface area contributed by atoms with Crippen LogP contribution in [0.1, 0.15) is 93.9 Å². The van der Waals surface area contributed by atoms with E-state index in [1.165, 1.54) is 4.88 Å². The number of halogens is 2. The zero-order chi connectivity index (χ0) is 36.6. The van der Waals surface area contributed by atoms with E-state index in [4.69, 9.17) is 26.7 Å². The predicted octanol–water partition coefficient (Wildman–Crippen LogP) is 7.68. The van der Waals surface area contributed by atoms with Crippen LogP contribution < -0.4 is 16.4 Å². The van der Waals surface area contributed by atoms with E-state index in [9.17, 15) is 9.59 Å². The number of carbonyl (C=O) groups is 2. The molecular weight excluding hydrogens is 729 g/mol. The second kappa shape index (κ2) is 18.3. The van der Waals surface area contributed by atoms with E-state index in [-0.39, 0.29) is 36.4 Å². The highest BCUT2D eigenvalue weighted by Crippen LogP contribution is 2.39. The molecule has 0 spiro atoms. The third kappa shape index (κ3) is 9.45. The van der Waals surface area contributed by atoms with Crippen molar-refractivity contribution in [1.29, 1.82) is 0 Å². The number of aromatic nitrogens is 3. The van der Waals surface area contributed by atoms with Crippen LogP contribution in [0, 0.1) is 32.6 Å². The summed E-state index contributed by atoms with van der Waals surface area (Å²) in [5.74, 6) is 7.85. The molecule has 5 aromatic rings. The number of nitrogens with zero attached hydrogens (tertiary/aromatic N) is 4. The molecule has 2 aromatic carbocycles. The van der Waals surface area contributed by atoms with E-state index >= 15 is 0 Å². The van der Waals surface area contributed by atoms with Crippen LogP contribution in [0.15, 0.2) is 70.1 Å². The van der Waals surface area contributed by atoms with E-state index in [0.717, 1.165) is 76.5 Å². The fourth-order valence-corrected chi connectivity index (χ4v) is 7.50. The Morgan fingerprint density at radius 3 is 2.30 bits per heavy atom. The van der Waals surface area contributed by atoms with Crippen molar-refractivity contribution >= 4 is 52.9 Å². The number of thiophene rings is 1. The first-order chi connectivity index (χ1) is 25.2. The lowest BCUT2D eigenvalue weighted by molar-refractivity contribution is -0.121. The molecule has 1 aliphatic rings. The molecule has 4 heterocycles. The first kappa shape index (κ1) is 39.5. The van der Waals surface area contributed by atoms with Crippen molar-refractivity contribution in [3.8, 4) is 28.2 Å². The largest absolute Gasteiger partial charge is 0.451 e. The number of benzene rings is 2. The lowest BCUT2D eigenvalue weighted by Gasteiger charge is -2.13. The van der Waals surface area contributed by atoms with Crippen molar-refractivity contribution < 1.29 is 14.0 Å². The van der Waals surface area contributed by atoms with Gasteiger partial charge in [0.2, 0.25) is 5.91 Å². The first-order valence-corrected chi connectivity index (χ1v) is 18.7. The third-order valence-corrected chi connectivity index (χ3v) is 10.5. The molecule has 0 aliphatic carbocycles. The molecule has 6 rings (SSSR count). The van der Waals surface area contributed by atoms with Crippen molar-refractivity contribution in [2.75, 3.05) is 19.6 Å². The van der Waals surface area contributed by atoms with Gasteiger partial charge in [0.15, 0.2) is 11.6 Å². The Kier molecular flexibility index (Phi) is 13.7. The van der Waals surface area contributed by atoms with Gasteiger partial charge in [0, 0.05) is 45.2 Å². The summed E-state index contributed by atoms with van der Waals surface area (Å²) < 4.78 is 7.85. The molecule has 1 aliphatic heterocycles. The van der Waals surface area contributed by atoms with Crippen molar-refractivity contribution in [2.24, 2.45) is 10.7 Å². The Balaban J connectivity index is 0.00000541. The molecule has 2 amide bonds. The number of hydrogen-bond acceptors (Lipinski definition) is 8. The Hall–Kier alpha value is -4.73. The molecule has 0 fully saturated rings. The van der Waals surface area contributed by atoms with Crippen molar-refractivity contribution in [2.45, 2.75) is 65.3 Å². The summed E-state index contributed by atoms with van der Waals surface area (Å²) in [6.07, 6.45) is 4.83. The summed E-state index contributed by atoms with van der Waals surface area (Å²) in [4.78, 5) is 32.2. The molecule has 0 bridgehead atoms. The van der Waals surface area contributed by atoms with Gasteiger partial charge in [-0.05, 0) is 75.6 Å². The Bertz CT molecular complexity index is 2140. The van der Waals surface area contributed by atoms with Gasteiger partial charge in [0.1, 0.15) is 22.6 Å². The van der Waals surface area contributed by atoms with Crippen molar-refractivity contribution in [3.05, 3.63) is 110 Å². The summed E-state index contributed by atoms with van der Waals surface area (Å²) in [6.45, 7) is 7.61. The number of fused-ring (bicyclic) bond motifs is 3. The Labute approximate surface area is 325 Å². The van der Waals surface area contributed by atoms with E-state index in [1.54, 1.807) is 23.5 Å². The maximum Gasteiger partial charge on any atom is 0.287 e. The van der Waals surface area contributed by atoms with Gasteiger partial charge in [-0.2, -0.15) is 0 Å². The minimum absolute atomic E-state index is 0. The van der Waals surface area contributed by atoms with Gasteiger partial charge in [-0.3, -0.25) is 19.1 Å². The number of rotatable bonds is 13. The highest BCUT2D eigenvalue weighted by atomic mass is 35.5. The molecule has 3 aromatic heterocycles. The quantitative estimate of drug-likeness (QED) is 0.0829. The van der Waals surface area contributed by atoms with E-state index < -0.39 is 6.04 Å². The summed E-state index contributed by atoms with van der Waals surface area (Å²) in [5, 5.41) is 16.6. The van der Waals surface area contributed by atoms with Crippen LogP contribution in [0.25, 0.3) is 16.3 Å². The lowest BCUT2D eigenvalue weighted by Crippen LogP contribution is -2.26. The van der Waals surface area contributed by atoms with Gasteiger partial charge in [-0.25, -0.2) is 0 Å². The average molecular weight is 773 g/mol. The van der Waals surface area contributed by atoms with Crippen LogP contribution in [0.3, 0.4) is 0 Å². The molecule has 1 atom stereocenters. The zero-order valence-corrected chi connectivity index (χ0v) is 32.4. The monoisotopic (exact) mass is 771 g/mol. The van der Waals surface area contributed by atoms with Crippen LogP contribution in [0.5, 0.6) is 0 Å². The number of hydrogen-bond donors (Lipinski definition) is 3. The minimum atomic E-state index is -0.498. The number of unbranched alkanes of at least 4 members (excludes halogenated alkanes) is 4. The standard InChI is InChI=1S/C40H42ClN7O3S.ClH/c1-25-26(2)52-40-36(25)37(30-15-17-31(41)18-16-30)45-32(38-47-46-27(3)48(38)40)24-35(49)43-22-7-5-4-6-8-23-44-39(50)34-20-19-33(51-34)29-13-11-28(12-14-29)10-9-21-42;/h11-20,32H,4-8,21-24,42H2,1-3H3,(H,43,49)(H,44,50);1H/t32-;/m0./s1. The van der Waals surface area contributed by atoms with Crippen LogP contribution in [0.2, 0.25) is 5.02 Å². The normalized spacial score (nSPS) is 13.1. The number of furan rings is 1. The third-order valence-electron chi connectivity index (χ3n) is 9.03. The zero-order valence-electron chi connectivity index (χ0n) is 30.0. The number of aliphatic imine (C=N–C) groups is 1. The van der Waals surface area contributed by atoms with E-state index in [1.807, 2.05) is 55.5 Å². The molecule has 0 saturated heterocycles. The summed E-state index contributed by atoms with van der Waals surface area (Å²) in [5.41, 5.74) is 11.1. The lowest BCUT2D eigenvalue weighted by atomic mass is 9.99. The average Bonchev–Trinajstić information content (AvgIpc) is 3.84. The van der Waals surface area contributed by atoms with Gasteiger partial charge < -0.3 is 20.8 Å². The predicted molar refractivity (Wildman–Crippen MR) is 214 cm³/mol. The molecule has 0 radical (unpaired) electrons. The van der Waals surface area contributed by atoms with Crippen LogP contribution in [-0.2, 0) is 4.79 Å². The Morgan fingerprint density at radius 1 is 0.906 bits per heavy atom. The number of aryl methyl sites for hydroxylation is 2. The smallest absolute Gasteiger partial charge is 0.287 e. The minimum Gasteiger partial charge on any atom is -0.451 e. The number of carbonyl (C=O) groups excluding carboxylic acids is 2. The topological polar surface area (TPSA) is 140 Å². The number of nitrogens with two attached hydrogens (primary N) is 1. The summed E-state index contributed by atoms with van der Waals surface area (Å²) in [7, 11) is 0. The molecule has 0 saturated carbocycles. The highest BCUT2D eigenvalue weighted by molar-refractivity contribution is 7.15. The van der Waals surface area contributed by atoms with Gasteiger partial charge >= 0.3 is 0 Å². The van der Waals surface area contributed by atoms with Crippen molar-refractivity contribution in [3.63, 3.8) is 0 Å². The molecular formula is C40H43Cl2N7O3S. The van der Waals surface area contributed by atoms with Crippen LogP contribution in [0.4, 0.5) is 0 Å². The summed E-state index contributed by atoms with van der Waals surface area (Å²) in [6, 6.07) is 18.3. The van der Waals surface area contributed by atoms with Gasteiger partial charge in [0.05, 0.1) is 18.7 Å². The molecule has 276 valence electrons. The maximum absolute atomic E-state index is 13.2. The number of nitrogens with one attached hydrogen (secondary N) is 2. The fraction of sp³-hybridized carbons (Fsp3) is 0.325. The molecule has 10 nitrogen and oxygen atoms in total. The second-order valence-electron chi connectivity index (χ2n) is 12.7. The molecule has 4 N–H and O–H groups in total. The van der Waals surface area contributed by atoms with Crippen LogP contribution >= 0.6 is 35.3 Å². The van der Waals surface area contributed by atoms with Gasteiger partial charge in [-0.15, -0.1) is 33.9 Å². The fourth-order valence-electron chi connectivity index (χ4n) is 6.16. The van der Waals surface area contributed by atoms with E-state index in [0.29, 0.717) is 36.2 Å².